The summed E-state index contributed by atoms with van der Waals surface area (Å²) in [4.78, 5) is 32.9. The number of amides is 1. The summed E-state index contributed by atoms with van der Waals surface area (Å²) in [5, 5.41) is 5.61. The summed E-state index contributed by atoms with van der Waals surface area (Å²) in [6, 6.07) is 12.6. The van der Waals surface area contributed by atoms with Crippen molar-refractivity contribution in [2.24, 2.45) is 4.99 Å². The van der Waals surface area contributed by atoms with Crippen molar-refractivity contribution in [3.05, 3.63) is 76.0 Å². The second-order valence-electron chi connectivity index (χ2n) is 9.26. The molecule has 3 aliphatic heterocycles. The number of rotatable bonds is 8. The monoisotopic (exact) mass is 535 g/mol. The van der Waals surface area contributed by atoms with Crippen LogP contribution in [0.5, 0.6) is 17.2 Å². The number of amidine groups is 1. The van der Waals surface area contributed by atoms with Gasteiger partial charge in [-0.25, -0.2) is 9.79 Å². The predicted octanol–water partition coefficient (Wildman–Crippen LogP) is 4.66. The van der Waals surface area contributed by atoms with Gasteiger partial charge in [-0.15, -0.1) is 0 Å². The predicted molar refractivity (Wildman–Crippen MR) is 144 cm³/mol. The first-order chi connectivity index (χ1) is 18.3. The lowest BCUT2D eigenvalue weighted by atomic mass is 9.93. The molecule has 9 nitrogen and oxygen atoms in total. The third kappa shape index (κ3) is 5.22. The van der Waals surface area contributed by atoms with Crippen LogP contribution in [0.1, 0.15) is 44.4 Å². The van der Waals surface area contributed by atoms with E-state index < -0.39 is 12.0 Å². The fourth-order valence-electron chi connectivity index (χ4n) is 4.49. The molecule has 0 aliphatic carbocycles. The van der Waals surface area contributed by atoms with Crippen molar-refractivity contribution >= 4 is 28.8 Å². The molecule has 198 valence electrons. The maximum atomic E-state index is 13.3. The first kappa shape index (κ1) is 25.7. The zero-order valence-electron chi connectivity index (χ0n) is 21.6. The molecule has 0 saturated carbocycles. The van der Waals surface area contributed by atoms with Crippen LogP contribution < -0.4 is 19.5 Å². The van der Waals surface area contributed by atoms with Gasteiger partial charge in [0.2, 0.25) is 12.7 Å². The molecule has 0 bridgehead atoms. The van der Waals surface area contributed by atoms with Crippen LogP contribution in [0.25, 0.3) is 0 Å². The highest BCUT2D eigenvalue weighted by molar-refractivity contribution is 8.16. The normalized spacial score (nSPS) is 17.7. The van der Waals surface area contributed by atoms with Crippen LogP contribution in [0, 0.1) is 0 Å². The standard InChI is InChI=1S/C28H29N3O6S/c1-16(2)37-27(33)25-17(3)30-28-31(26(25)19-6-8-21(34-4)9-7-19)20(14-38-28)12-24(32)29-13-18-5-10-22-23(11-18)36-15-35-22/h5-11,14,16,26H,12-13,15H2,1-4H3,(H,29,32). The minimum atomic E-state index is -0.498. The van der Waals surface area contributed by atoms with E-state index in [-0.39, 0.29) is 25.2 Å². The van der Waals surface area contributed by atoms with Gasteiger partial charge in [0.1, 0.15) is 5.75 Å². The van der Waals surface area contributed by atoms with E-state index in [9.17, 15) is 9.59 Å². The zero-order valence-corrected chi connectivity index (χ0v) is 22.5. The molecular formula is C28H29N3O6S. The molecule has 2 aromatic carbocycles. The van der Waals surface area contributed by atoms with Crippen LogP contribution in [-0.4, -0.2) is 42.0 Å². The van der Waals surface area contributed by atoms with E-state index in [2.05, 4.69) is 5.32 Å². The van der Waals surface area contributed by atoms with Gasteiger partial charge in [-0.05, 0) is 61.6 Å². The van der Waals surface area contributed by atoms with Gasteiger partial charge in [0, 0.05) is 12.2 Å². The summed E-state index contributed by atoms with van der Waals surface area (Å²) >= 11 is 1.43. The number of benzene rings is 2. The number of fused-ring (bicyclic) bond motifs is 2. The van der Waals surface area contributed by atoms with Gasteiger partial charge >= 0.3 is 5.97 Å². The lowest BCUT2D eigenvalue weighted by molar-refractivity contribution is -0.143. The molecule has 0 aromatic heterocycles. The summed E-state index contributed by atoms with van der Waals surface area (Å²) < 4.78 is 21.7. The SMILES string of the molecule is COc1ccc(C2C(C(=O)OC(C)C)=C(C)N=C3SC=C(CC(=O)NCc4ccc5c(c4)OCO5)N32)cc1. The Kier molecular flexibility index (Phi) is 7.33. The molecule has 10 heteroatoms. The third-order valence-corrected chi connectivity index (χ3v) is 7.15. The number of esters is 1. The lowest BCUT2D eigenvalue weighted by Crippen LogP contribution is -2.38. The maximum Gasteiger partial charge on any atom is 0.338 e. The second-order valence-corrected chi connectivity index (χ2v) is 10.1. The first-order valence-corrected chi connectivity index (χ1v) is 13.2. The van der Waals surface area contributed by atoms with Crippen molar-refractivity contribution in [3.8, 4) is 17.2 Å². The van der Waals surface area contributed by atoms with Crippen LogP contribution in [0.2, 0.25) is 0 Å². The Morgan fingerprint density at radius 2 is 1.92 bits per heavy atom. The molecule has 0 spiro atoms. The van der Waals surface area contributed by atoms with Crippen LogP contribution in [0.4, 0.5) is 0 Å². The summed E-state index contributed by atoms with van der Waals surface area (Å²) in [6.45, 7) is 6.00. The summed E-state index contributed by atoms with van der Waals surface area (Å²) in [6.07, 6.45) is -0.163. The number of methoxy groups -OCH3 is 1. The number of aliphatic imine (C=N–C) groups is 1. The summed E-state index contributed by atoms with van der Waals surface area (Å²) in [7, 11) is 1.61. The molecule has 1 atom stereocenters. The molecule has 38 heavy (non-hydrogen) atoms. The number of hydrogen-bond donors (Lipinski definition) is 1. The number of hydrogen-bond acceptors (Lipinski definition) is 9. The van der Waals surface area contributed by atoms with Crippen molar-refractivity contribution in [1.82, 2.24) is 10.2 Å². The van der Waals surface area contributed by atoms with E-state index in [0.29, 0.717) is 40.2 Å². The number of carbonyl (C=O) groups excluding carboxylic acids is 2. The van der Waals surface area contributed by atoms with Crippen LogP contribution in [0.3, 0.4) is 0 Å². The van der Waals surface area contributed by atoms with E-state index in [4.69, 9.17) is 23.9 Å². The molecule has 1 amide bonds. The van der Waals surface area contributed by atoms with Gasteiger partial charge in [0.25, 0.3) is 0 Å². The topological polar surface area (TPSA) is 98.7 Å². The lowest BCUT2D eigenvalue weighted by Gasteiger charge is -2.36. The Bertz CT molecular complexity index is 1350. The molecule has 0 saturated heterocycles. The van der Waals surface area contributed by atoms with E-state index in [1.54, 1.807) is 7.11 Å². The average molecular weight is 536 g/mol. The minimum Gasteiger partial charge on any atom is -0.497 e. The number of carbonyl (C=O) groups is 2. The summed E-state index contributed by atoms with van der Waals surface area (Å²) in [5.74, 6) is 1.50. The van der Waals surface area contributed by atoms with E-state index in [1.165, 1.54) is 11.8 Å². The highest BCUT2D eigenvalue weighted by atomic mass is 32.2. The minimum absolute atomic E-state index is 0.120. The van der Waals surface area contributed by atoms with Gasteiger partial charge < -0.3 is 29.2 Å². The molecule has 0 radical (unpaired) electrons. The van der Waals surface area contributed by atoms with Gasteiger partial charge in [0.15, 0.2) is 16.7 Å². The first-order valence-electron chi connectivity index (χ1n) is 12.3. The van der Waals surface area contributed by atoms with Crippen molar-refractivity contribution in [1.29, 1.82) is 0 Å². The largest absolute Gasteiger partial charge is 0.497 e. The van der Waals surface area contributed by atoms with Gasteiger partial charge in [-0.3, -0.25) is 4.79 Å². The van der Waals surface area contributed by atoms with Gasteiger partial charge in [-0.1, -0.05) is 30.0 Å². The third-order valence-electron chi connectivity index (χ3n) is 6.26. The molecular weight excluding hydrogens is 506 g/mol. The Labute approximate surface area is 225 Å². The Morgan fingerprint density at radius 3 is 2.66 bits per heavy atom. The van der Waals surface area contributed by atoms with E-state index in [1.807, 2.05) is 73.5 Å². The number of allylic oxidation sites excluding steroid dienone is 1. The second kappa shape index (κ2) is 10.8. The fraction of sp³-hybridized carbons (Fsp3) is 0.321. The molecule has 3 heterocycles. The Hall–Kier alpha value is -3.92. The zero-order chi connectivity index (χ0) is 26.8. The summed E-state index contributed by atoms with van der Waals surface area (Å²) in [5.41, 5.74) is 3.56. The van der Waals surface area contributed by atoms with Crippen LogP contribution >= 0.6 is 11.8 Å². The molecule has 1 unspecified atom stereocenters. The fourth-order valence-corrected chi connectivity index (χ4v) is 5.45. The molecule has 5 rings (SSSR count). The maximum absolute atomic E-state index is 13.3. The molecule has 3 aliphatic rings. The number of thioether (sulfide) groups is 1. The number of nitrogens with zero attached hydrogens (tertiary/aromatic N) is 2. The van der Waals surface area contributed by atoms with Gasteiger partial charge in [0.05, 0.1) is 36.9 Å². The Morgan fingerprint density at radius 1 is 1.16 bits per heavy atom. The Balaban J connectivity index is 1.37. The van der Waals surface area contributed by atoms with Crippen molar-refractivity contribution < 1.29 is 28.5 Å². The van der Waals surface area contributed by atoms with Crippen LogP contribution in [0.15, 0.2) is 69.8 Å². The van der Waals surface area contributed by atoms with Gasteiger partial charge in [-0.2, -0.15) is 0 Å². The highest BCUT2D eigenvalue weighted by Crippen LogP contribution is 2.45. The number of nitrogens with one attached hydrogen (secondary N) is 1. The number of ether oxygens (including phenoxy) is 4. The van der Waals surface area contributed by atoms with Crippen molar-refractivity contribution in [2.45, 2.75) is 45.9 Å². The van der Waals surface area contributed by atoms with E-state index in [0.717, 1.165) is 16.8 Å². The quantitative estimate of drug-likeness (QED) is 0.488. The van der Waals surface area contributed by atoms with Crippen LogP contribution in [-0.2, 0) is 20.9 Å². The highest BCUT2D eigenvalue weighted by Gasteiger charge is 2.41. The van der Waals surface area contributed by atoms with E-state index >= 15 is 0 Å². The molecule has 1 N–H and O–H groups in total. The average Bonchev–Trinajstić information content (AvgIpc) is 3.52. The van der Waals surface area contributed by atoms with Crippen molar-refractivity contribution in [3.63, 3.8) is 0 Å². The smallest absolute Gasteiger partial charge is 0.338 e. The van der Waals surface area contributed by atoms with Crippen molar-refractivity contribution in [2.75, 3.05) is 13.9 Å². The molecule has 2 aromatic rings. The molecule has 0 fully saturated rings.